The maximum Gasteiger partial charge on any atom is 0.416 e. The standard InChI is InChI=1S/C32H12BF24.C24H24NO3/c34-25(35,36)13-1-14(26(37,38)39)6-21(5-13)33(22-7-15(27(40,41)42)2-16(8-22)28(43,44)45,23-9-17(29(46,47)48)3-18(10-23)30(49,50)51)24-11-19(31(52,53)54)4-20(12-24)32(55,56)57;26-22(19-10-3-1-4-11-19)17-25-16-15-18-9-7-8-14-21(18)23(25)24(27)28-20-12-5-2-6-13-20/h1-12H;1,3-4,7-11,14-16,20H,2,5-6,12-13,17H2/q-1;+1. The molecule has 0 amide bonds. The van der Waals surface area contributed by atoms with Crippen LogP contribution < -0.4 is 26.4 Å². The first-order chi connectivity index (χ1) is 39.0. The minimum Gasteiger partial charge on any atom is -0.454 e. The molecular weight excluding hydrogens is 1200 g/mol. The Morgan fingerprint density at radius 1 is 0.400 bits per heavy atom. The van der Waals surface area contributed by atoms with Crippen molar-refractivity contribution in [3.63, 3.8) is 0 Å². The summed E-state index contributed by atoms with van der Waals surface area (Å²) in [5.74, 6) is -0.378. The molecule has 7 aromatic rings. The molecule has 454 valence electrons. The summed E-state index contributed by atoms with van der Waals surface area (Å²) in [5, 5.41) is 1.77. The molecule has 0 unspecified atom stereocenters. The zero-order valence-electron chi connectivity index (χ0n) is 42.4. The van der Waals surface area contributed by atoms with Crippen LogP contribution in [0, 0.1) is 0 Å². The average Bonchev–Trinajstić information content (AvgIpc) is 0.916. The molecule has 6 aromatic carbocycles. The van der Waals surface area contributed by atoms with Gasteiger partial charge in [-0.3, -0.25) is 4.79 Å². The molecule has 29 heteroatoms. The summed E-state index contributed by atoms with van der Waals surface area (Å²) in [6, 6.07) is 10.0. The van der Waals surface area contributed by atoms with Crippen LogP contribution in [0.1, 0.15) is 97.5 Å². The van der Waals surface area contributed by atoms with Crippen molar-refractivity contribution in [2.24, 2.45) is 0 Å². The number of rotatable bonds is 9. The third kappa shape index (κ3) is 14.9. The maximum absolute atomic E-state index is 14.2. The third-order valence-electron chi connectivity index (χ3n) is 13.8. The number of hydrogen-bond donors (Lipinski definition) is 0. The molecular formula is C56H36BF24NO3. The van der Waals surface area contributed by atoms with Crippen LogP contribution in [0.3, 0.4) is 0 Å². The van der Waals surface area contributed by atoms with Crippen LogP contribution in [0.25, 0.3) is 10.8 Å². The van der Waals surface area contributed by atoms with Crippen molar-refractivity contribution < 1.29 is 124 Å². The topological polar surface area (TPSA) is 47.2 Å². The van der Waals surface area contributed by atoms with Gasteiger partial charge in [0.05, 0.1) is 49.9 Å². The SMILES string of the molecule is FC(F)(F)c1cc([B-](c2cc(C(F)(F)F)cc(C(F)(F)F)c2)(c2cc(C(F)(F)F)cc(C(F)(F)F)c2)c2cc(C(F)(F)F)cc(C(F)(F)F)c2)cc(C(F)(F)F)c1.O=C(C[n+]1ccc2ccccc2c1C(=O)OC1CCCCC1)c1ccccc1. The van der Waals surface area contributed by atoms with Crippen molar-refractivity contribution in [2.75, 3.05) is 0 Å². The minimum atomic E-state index is -6.13. The highest BCUT2D eigenvalue weighted by atomic mass is 19.4. The second-order valence-corrected chi connectivity index (χ2v) is 19.6. The number of nitrogens with zero attached hydrogens (tertiary/aromatic N) is 1. The molecule has 1 fully saturated rings. The van der Waals surface area contributed by atoms with E-state index in [1.54, 1.807) is 22.9 Å². The van der Waals surface area contributed by atoms with Gasteiger partial charge in [-0.25, -0.2) is 4.79 Å². The van der Waals surface area contributed by atoms with Gasteiger partial charge in [-0.1, -0.05) is 103 Å². The van der Waals surface area contributed by atoms with E-state index in [1.165, 1.54) is 6.42 Å². The van der Waals surface area contributed by atoms with E-state index in [-0.39, 0.29) is 24.4 Å². The Morgan fingerprint density at radius 2 is 0.706 bits per heavy atom. The van der Waals surface area contributed by atoms with E-state index in [1.807, 2.05) is 48.5 Å². The molecule has 1 aromatic heterocycles. The lowest BCUT2D eigenvalue weighted by atomic mass is 9.12. The van der Waals surface area contributed by atoms with Crippen LogP contribution in [0.15, 0.2) is 140 Å². The lowest BCUT2D eigenvalue weighted by Crippen LogP contribution is -2.75. The van der Waals surface area contributed by atoms with Crippen molar-refractivity contribution in [1.82, 2.24) is 0 Å². The summed E-state index contributed by atoms with van der Waals surface area (Å²) >= 11 is 0. The Bertz CT molecular complexity index is 3150. The van der Waals surface area contributed by atoms with E-state index < -0.39 is 195 Å². The quantitative estimate of drug-likeness (QED) is 0.0476. The summed E-state index contributed by atoms with van der Waals surface area (Å²) in [6.45, 7) is 0.101. The first-order valence-corrected chi connectivity index (χ1v) is 24.5. The van der Waals surface area contributed by atoms with Gasteiger partial charge in [0.25, 0.3) is 5.69 Å². The van der Waals surface area contributed by atoms with Gasteiger partial charge in [-0.05, 0) is 61.4 Å². The predicted octanol–water partition coefficient (Wildman–Crippen LogP) is 15.7. The second kappa shape index (κ2) is 23.3. The highest BCUT2D eigenvalue weighted by molar-refractivity contribution is 7.20. The number of carbonyl (C=O) groups excluding carboxylic acids is 2. The average molecular weight is 1240 g/mol. The number of carbonyl (C=O) groups is 2. The number of ether oxygens (including phenoxy) is 1. The molecule has 0 aliphatic heterocycles. The summed E-state index contributed by atoms with van der Waals surface area (Å²) < 4.78 is 348. The number of aromatic nitrogens is 1. The number of hydrogen-bond acceptors (Lipinski definition) is 3. The van der Waals surface area contributed by atoms with Gasteiger partial charge in [0, 0.05) is 11.6 Å². The number of benzene rings is 6. The van der Waals surface area contributed by atoms with Crippen LogP contribution in [0.4, 0.5) is 105 Å². The highest BCUT2D eigenvalue weighted by Gasteiger charge is 2.47. The maximum atomic E-state index is 14.2. The fourth-order valence-corrected chi connectivity index (χ4v) is 9.95. The molecule has 1 saturated carbocycles. The number of halogens is 24. The Labute approximate surface area is 463 Å². The highest BCUT2D eigenvalue weighted by Crippen LogP contribution is 2.42. The number of fused-ring (bicyclic) bond motifs is 1. The van der Waals surface area contributed by atoms with Crippen LogP contribution in [-0.2, 0) is 60.7 Å². The van der Waals surface area contributed by atoms with Gasteiger partial charge < -0.3 is 4.74 Å². The molecule has 0 saturated heterocycles. The fraction of sp³-hybridized carbons (Fsp3) is 0.268. The Balaban J connectivity index is 0.000000306. The van der Waals surface area contributed by atoms with Crippen LogP contribution in [0.2, 0.25) is 0 Å². The van der Waals surface area contributed by atoms with Gasteiger partial charge in [0.15, 0.2) is 6.20 Å². The summed E-state index contributed by atoms with van der Waals surface area (Å²) in [5.41, 5.74) is -29.1. The van der Waals surface area contributed by atoms with Crippen molar-refractivity contribution in [1.29, 1.82) is 0 Å². The molecule has 1 aliphatic carbocycles. The van der Waals surface area contributed by atoms with Crippen LogP contribution in [-0.4, -0.2) is 24.0 Å². The summed E-state index contributed by atoms with van der Waals surface area (Å²) in [7, 11) is 0. The van der Waals surface area contributed by atoms with Gasteiger partial charge in [0.1, 0.15) is 12.2 Å². The third-order valence-corrected chi connectivity index (χ3v) is 13.8. The summed E-state index contributed by atoms with van der Waals surface area (Å²) in [4.78, 5) is 25.9. The normalized spacial score (nSPS) is 14.4. The predicted molar refractivity (Wildman–Crippen MR) is 257 cm³/mol. The first-order valence-electron chi connectivity index (χ1n) is 24.5. The Morgan fingerprint density at radius 3 is 1.02 bits per heavy atom. The zero-order valence-corrected chi connectivity index (χ0v) is 42.4. The zero-order chi connectivity index (χ0) is 63.3. The molecule has 0 spiro atoms. The molecule has 8 rings (SSSR count). The van der Waals surface area contributed by atoms with Crippen LogP contribution in [0.5, 0.6) is 0 Å². The van der Waals surface area contributed by atoms with Gasteiger partial charge >= 0.3 is 55.4 Å². The number of ketones is 1. The molecule has 0 N–H and O–H groups in total. The molecule has 0 atom stereocenters. The van der Waals surface area contributed by atoms with E-state index in [4.69, 9.17) is 4.74 Å². The largest absolute Gasteiger partial charge is 0.454 e. The van der Waals surface area contributed by atoms with E-state index in [2.05, 4.69) is 0 Å². The Kier molecular flexibility index (Phi) is 17.7. The Hall–Kier alpha value is -7.75. The first kappa shape index (κ1) is 64.8. The molecule has 1 heterocycles. The molecule has 4 nitrogen and oxygen atoms in total. The monoisotopic (exact) mass is 1240 g/mol. The summed E-state index contributed by atoms with van der Waals surface area (Å²) in [6.07, 6.45) is -47.8. The second-order valence-electron chi connectivity index (χ2n) is 19.6. The van der Waals surface area contributed by atoms with Crippen LogP contribution >= 0.6 is 0 Å². The van der Waals surface area contributed by atoms with Gasteiger partial charge in [-0.15, -0.1) is 0 Å². The number of pyridine rings is 1. The number of alkyl halides is 24. The molecule has 1 aliphatic rings. The van der Waals surface area contributed by atoms with Crippen molar-refractivity contribution in [2.45, 2.75) is 94.2 Å². The van der Waals surface area contributed by atoms with E-state index >= 15 is 0 Å². The fourth-order valence-electron chi connectivity index (χ4n) is 9.95. The molecule has 85 heavy (non-hydrogen) atoms. The lowest BCUT2D eigenvalue weighted by Gasteiger charge is -2.46. The van der Waals surface area contributed by atoms with Gasteiger partial charge in [-0.2, -0.15) is 132 Å². The van der Waals surface area contributed by atoms with Crippen molar-refractivity contribution in [3.05, 3.63) is 195 Å². The number of Topliss-reactive ketones (excluding diaryl/α,β-unsaturated/α-hetero) is 1. The van der Waals surface area contributed by atoms with Gasteiger partial charge in [0.2, 0.25) is 12.3 Å². The van der Waals surface area contributed by atoms with E-state index in [0.717, 1.165) is 36.5 Å². The smallest absolute Gasteiger partial charge is 0.416 e. The lowest BCUT2D eigenvalue weighted by molar-refractivity contribution is -0.684. The van der Waals surface area contributed by atoms with E-state index in [9.17, 15) is 115 Å². The van der Waals surface area contributed by atoms with Crippen molar-refractivity contribution in [3.8, 4) is 0 Å². The van der Waals surface area contributed by atoms with Crippen molar-refractivity contribution >= 4 is 50.5 Å². The molecule has 0 bridgehead atoms. The van der Waals surface area contributed by atoms with E-state index in [0.29, 0.717) is 11.3 Å². The molecule has 0 radical (unpaired) electrons. The number of esters is 1. The minimum absolute atomic E-state index is 0.0292.